The number of rotatable bonds is 3. The van der Waals surface area contributed by atoms with Crippen LogP contribution in [0.25, 0.3) is 6.08 Å². The Bertz CT molecular complexity index is 504. The Morgan fingerprint density at radius 2 is 2.25 bits per heavy atom. The predicted molar refractivity (Wildman–Crippen MR) is 83.1 cm³/mol. The summed E-state index contributed by atoms with van der Waals surface area (Å²) in [5.41, 5.74) is 2.70. The lowest BCUT2D eigenvalue weighted by Gasteiger charge is -2.23. The van der Waals surface area contributed by atoms with Crippen molar-refractivity contribution in [2.75, 3.05) is 31.2 Å². The lowest BCUT2D eigenvalue weighted by molar-refractivity contribution is 0.160. The second kappa shape index (κ2) is 5.21. The quantitative estimate of drug-likeness (QED) is 0.842. The fraction of sp³-hybridized carbons (Fsp3) is 0.588. The van der Waals surface area contributed by atoms with Crippen molar-refractivity contribution in [3.05, 3.63) is 30.0 Å². The number of hydrogen-bond acceptors (Lipinski definition) is 3. The lowest BCUT2D eigenvalue weighted by atomic mass is 9.87. The number of nitrogens with zero attached hydrogens (tertiary/aromatic N) is 2. The second-order valence-electron chi connectivity index (χ2n) is 6.52. The van der Waals surface area contributed by atoms with Gasteiger partial charge in [-0.25, -0.2) is 4.98 Å². The molecule has 3 nitrogen and oxygen atoms in total. The smallest absolute Gasteiger partial charge is 0.129 e. The van der Waals surface area contributed by atoms with Gasteiger partial charge in [0.05, 0.1) is 12.3 Å². The normalized spacial score (nSPS) is 25.9. The zero-order valence-electron chi connectivity index (χ0n) is 12.6. The van der Waals surface area contributed by atoms with Crippen LogP contribution >= 0.6 is 0 Å². The summed E-state index contributed by atoms with van der Waals surface area (Å²) >= 11 is 0. The van der Waals surface area contributed by atoms with Crippen LogP contribution in [0.2, 0.25) is 0 Å². The molecular formula is C17H24N2O. The lowest BCUT2D eigenvalue weighted by Crippen LogP contribution is -2.28. The Kier molecular flexibility index (Phi) is 3.55. The molecule has 3 rings (SSSR count). The number of aromatic nitrogens is 1. The summed E-state index contributed by atoms with van der Waals surface area (Å²) in [5.74, 6) is 1.62. The summed E-state index contributed by atoms with van der Waals surface area (Å²) < 4.78 is 5.61. The predicted octanol–water partition coefficient (Wildman–Crippen LogP) is 3.46. The molecule has 0 aliphatic carbocycles. The largest absolute Gasteiger partial charge is 0.381 e. The van der Waals surface area contributed by atoms with Crippen molar-refractivity contribution >= 4 is 11.9 Å². The molecule has 3 heterocycles. The molecule has 2 aliphatic heterocycles. The third-order valence-corrected chi connectivity index (χ3v) is 4.68. The molecule has 1 atom stereocenters. The van der Waals surface area contributed by atoms with E-state index in [9.17, 15) is 0 Å². The molecule has 1 spiro atoms. The van der Waals surface area contributed by atoms with E-state index in [1.165, 1.54) is 18.4 Å². The first-order valence-electron chi connectivity index (χ1n) is 7.59. The topological polar surface area (TPSA) is 25.4 Å². The molecule has 0 N–H and O–H groups in total. The summed E-state index contributed by atoms with van der Waals surface area (Å²) in [6.45, 7) is 12.3. The molecule has 0 bridgehead atoms. The fourth-order valence-electron chi connectivity index (χ4n) is 3.26. The van der Waals surface area contributed by atoms with Crippen LogP contribution in [0.3, 0.4) is 0 Å². The van der Waals surface area contributed by atoms with E-state index in [4.69, 9.17) is 9.72 Å². The standard InChI is InChI=1S/C17H24N2O/c1-4-15-9-14(13(2)3)10-16(18-15)19-7-5-17(11-19)6-8-20-12-17/h4,9-10,13H,1,5-8,11-12H2,2-3H3. The Balaban J connectivity index is 1.86. The highest BCUT2D eigenvalue weighted by atomic mass is 16.5. The molecule has 2 aliphatic rings. The van der Waals surface area contributed by atoms with E-state index in [0.717, 1.165) is 37.8 Å². The van der Waals surface area contributed by atoms with E-state index in [1.54, 1.807) is 0 Å². The summed E-state index contributed by atoms with van der Waals surface area (Å²) in [4.78, 5) is 7.16. The number of anilines is 1. The van der Waals surface area contributed by atoms with Gasteiger partial charge >= 0.3 is 0 Å². The van der Waals surface area contributed by atoms with E-state index in [2.05, 4.69) is 37.5 Å². The third-order valence-electron chi connectivity index (χ3n) is 4.68. The Morgan fingerprint density at radius 3 is 2.90 bits per heavy atom. The van der Waals surface area contributed by atoms with Gasteiger partial charge in [-0.05, 0) is 42.5 Å². The van der Waals surface area contributed by atoms with Crippen molar-refractivity contribution in [3.8, 4) is 0 Å². The number of ether oxygens (including phenoxy) is 1. The first-order valence-corrected chi connectivity index (χ1v) is 7.59. The van der Waals surface area contributed by atoms with Crippen LogP contribution in [0.5, 0.6) is 0 Å². The van der Waals surface area contributed by atoms with Crippen molar-refractivity contribution in [2.45, 2.75) is 32.6 Å². The van der Waals surface area contributed by atoms with Crippen LogP contribution in [-0.4, -0.2) is 31.3 Å². The van der Waals surface area contributed by atoms with Gasteiger partial charge in [-0.15, -0.1) is 0 Å². The summed E-state index contributed by atoms with van der Waals surface area (Å²) in [6.07, 6.45) is 4.27. The zero-order chi connectivity index (χ0) is 14.2. The van der Waals surface area contributed by atoms with Gasteiger partial charge in [0.15, 0.2) is 0 Å². The van der Waals surface area contributed by atoms with Crippen molar-refractivity contribution in [1.29, 1.82) is 0 Å². The minimum Gasteiger partial charge on any atom is -0.381 e. The van der Waals surface area contributed by atoms with E-state index < -0.39 is 0 Å². The van der Waals surface area contributed by atoms with Crippen LogP contribution in [0.1, 0.15) is 43.9 Å². The van der Waals surface area contributed by atoms with Crippen molar-refractivity contribution in [2.24, 2.45) is 5.41 Å². The maximum Gasteiger partial charge on any atom is 0.129 e. The first kappa shape index (κ1) is 13.6. The minimum atomic E-state index is 0.379. The van der Waals surface area contributed by atoms with Gasteiger partial charge in [0.1, 0.15) is 5.82 Å². The molecule has 0 amide bonds. The number of pyridine rings is 1. The highest BCUT2D eigenvalue weighted by molar-refractivity contribution is 5.52. The van der Waals surface area contributed by atoms with Gasteiger partial charge in [0, 0.05) is 25.1 Å². The van der Waals surface area contributed by atoms with E-state index in [0.29, 0.717) is 11.3 Å². The van der Waals surface area contributed by atoms with Gasteiger partial charge in [-0.2, -0.15) is 0 Å². The van der Waals surface area contributed by atoms with Crippen LogP contribution in [-0.2, 0) is 4.74 Å². The van der Waals surface area contributed by atoms with Crippen molar-refractivity contribution < 1.29 is 4.74 Å². The van der Waals surface area contributed by atoms with Gasteiger partial charge in [-0.1, -0.05) is 20.4 Å². The molecule has 0 aromatic carbocycles. The molecule has 2 fully saturated rings. The maximum absolute atomic E-state index is 5.61. The van der Waals surface area contributed by atoms with Gasteiger partial charge < -0.3 is 9.64 Å². The third kappa shape index (κ3) is 2.47. The van der Waals surface area contributed by atoms with E-state index in [1.807, 2.05) is 6.08 Å². The highest BCUT2D eigenvalue weighted by Crippen LogP contribution is 2.40. The Labute approximate surface area is 121 Å². The van der Waals surface area contributed by atoms with Gasteiger partial charge in [0.25, 0.3) is 0 Å². The highest BCUT2D eigenvalue weighted by Gasteiger charge is 2.41. The molecule has 108 valence electrons. The van der Waals surface area contributed by atoms with Crippen molar-refractivity contribution in [3.63, 3.8) is 0 Å². The molecule has 1 aromatic rings. The zero-order valence-corrected chi connectivity index (χ0v) is 12.6. The summed E-state index contributed by atoms with van der Waals surface area (Å²) in [5, 5.41) is 0. The minimum absolute atomic E-state index is 0.379. The maximum atomic E-state index is 5.61. The second-order valence-corrected chi connectivity index (χ2v) is 6.52. The Morgan fingerprint density at radius 1 is 1.40 bits per heavy atom. The van der Waals surface area contributed by atoms with Crippen molar-refractivity contribution in [1.82, 2.24) is 4.98 Å². The summed E-state index contributed by atoms with van der Waals surface area (Å²) in [7, 11) is 0. The van der Waals surface area contributed by atoms with E-state index in [-0.39, 0.29) is 0 Å². The molecule has 0 saturated carbocycles. The van der Waals surface area contributed by atoms with Crippen LogP contribution < -0.4 is 4.90 Å². The molecule has 1 unspecified atom stereocenters. The molecule has 20 heavy (non-hydrogen) atoms. The number of hydrogen-bond donors (Lipinski definition) is 0. The average molecular weight is 272 g/mol. The van der Waals surface area contributed by atoms with Crippen LogP contribution in [0, 0.1) is 5.41 Å². The molecule has 1 aromatic heterocycles. The van der Waals surface area contributed by atoms with Gasteiger partial charge in [-0.3, -0.25) is 0 Å². The van der Waals surface area contributed by atoms with Gasteiger partial charge in [0.2, 0.25) is 0 Å². The molecule has 3 heteroatoms. The monoisotopic (exact) mass is 272 g/mol. The average Bonchev–Trinajstić information content (AvgIpc) is 3.09. The molecular weight excluding hydrogens is 248 g/mol. The van der Waals surface area contributed by atoms with Crippen LogP contribution in [0.4, 0.5) is 5.82 Å². The fourth-order valence-corrected chi connectivity index (χ4v) is 3.26. The molecule has 2 saturated heterocycles. The van der Waals surface area contributed by atoms with E-state index >= 15 is 0 Å². The SMILES string of the molecule is C=Cc1cc(C(C)C)cc(N2CCC3(CCOC3)C2)n1. The first-order chi connectivity index (χ1) is 9.62. The van der Waals surface area contributed by atoms with Crippen LogP contribution in [0.15, 0.2) is 18.7 Å². The summed E-state index contributed by atoms with van der Waals surface area (Å²) in [6, 6.07) is 4.39. The Hall–Kier alpha value is -1.35. The molecule has 0 radical (unpaired) electrons.